The third-order valence-electron chi connectivity index (χ3n) is 6.72. The maximum Gasteiger partial charge on any atom is 0.245 e. The Labute approximate surface area is 205 Å². The smallest absolute Gasteiger partial charge is 0.245 e. The van der Waals surface area contributed by atoms with E-state index in [1.54, 1.807) is 24.3 Å². The van der Waals surface area contributed by atoms with Gasteiger partial charge in [0.05, 0.1) is 28.9 Å². The number of carbonyl (C=O) groups is 2. The number of carbonyl (C=O) groups excluding carboxylic acids is 2. The van der Waals surface area contributed by atoms with Gasteiger partial charge in [-0.2, -0.15) is 0 Å². The van der Waals surface area contributed by atoms with Crippen LogP contribution in [0.3, 0.4) is 0 Å². The maximum atomic E-state index is 13.2. The highest BCUT2D eigenvalue weighted by atomic mass is 35.5. The van der Waals surface area contributed by atoms with Crippen molar-refractivity contribution >= 4 is 38.8 Å². The Hall–Kier alpha value is -2.26. The minimum Gasteiger partial charge on any atom is -0.381 e. The van der Waals surface area contributed by atoms with Crippen LogP contribution in [0.2, 0.25) is 5.02 Å². The van der Waals surface area contributed by atoms with Crippen molar-refractivity contribution in [3.8, 4) is 0 Å². The number of ether oxygens (including phenoxy) is 1. The van der Waals surface area contributed by atoms with Gasteiger partial charge in [0.25, 0.3) is 0 Å². The molecule has 0 bridgehead atoms. The molecule has 0 unspecified atom stereocenters. The molecule has 1 amide bonds. The third-order valence-corrected chi connectivity index (χ3v) is 8.79. The van der Waals surface area contributed by atoms with E-state index < -0.39 is 27.5 Å². The number of sulfone groups is 1. The van der Waals surface area contributed by atoms with Crippen LogP contribution in [0.4, 0.5) is 5.69 Å². The van der Waals surface area contributed by atoms with E-state index in [1.807, 2.05) is 0 Å². The first-order valence-electron chi connectivity index (χ1n) is 11.4. The number of anilines is 1. The average molecular weight is 505 g/mol. The first kappa shape index (κ1) is 24.9. The number of ketones is 1. The summed E-state index contributed by atoms with van der Waals surface area (Å²) in [5.74, 6) is -0.465. The molecule has 1 saturated heterocycles. The molecule has 2 aliphatic rings. The molecule has 0 aliphatic carbocycles. The fourth-order valence-corrected chi connectivity index (χ4v) is 6.36. The summed E-state index contributed by atoms with van der Waals surface area (Å²) < 4.78 is 31.4. The van der Waals surface area contributed by atoms with Crippen LogP contribution in [0, 0.1) is 11.8 Å². The first-order chi connectivity index (χ1) is 16.2. The zero-order chi connectivity index (χ0) is 24.5. The Morgan fingerprint density at radius 3 is 2.53 bits per heavy atom. The minimum absolute atomic E-state index is 0.0109. The number of halogens is 1. The molecule has 0 radical (unpaired) electrons. The van der Waals surface area contributed by atoms with Gasteiger partial charge >= 0.3 is 0 Å². The quantitative estimate of drug-likeness (QED) is 0.602. The van der Waals surface area contributed by atoms with Crippen molar-refractivity contribution in [3.63, 3.8) is 0 Å². The summed E-state index contributed by atoms with van der Waals surface area (Å²) in [6, 6.07) is 10.2. The highest BCUT2D eigenvalue weighted by molar-refractivity contribution is 7.91. The van der Waals surface area contributed by atoms with Crippen LogP contribution in [0.1, 0.15) is 42.1 Å². The van der Waals surface area contributed by atoms with E-state index in [0.29, 0.717) is 36.1 Å². The number of nitrogens with zero attached hydrogens (tertiary/aromatic N) is 1. The monoisotopic (exact) mass is 504 g/mol. The van der Waals surface area contributed by atoms with Crippen LogP contribution in [0.25, 0.3) is 0 Å². The van der Waals surface area contributed by atoms with E-state index in [0.717, 1.165) is 18.4 Å². The van der Waals surface area contributed by atoms with Gasteiger partial charge in [-0.05, 0) is 60.6 Å². The lowest BCUT2D eigenvalue weighted by Gasteiger charge is -2.27. The van der Waals surface area contributed by atoms with Gasteiger partial charge in [-0.3, -0.25) is 9.59 Å². The topological polar surface area (TPSA) is 107 Å². The largest absolute Gasteiger partial charge is 0.381 e. The van der Waals surface area contributed by atoms with Crippen LogP contribution >= 0.6 is 11.6 Å². The van der Waals surface area contributed by atoms with E-state index in [2.05, 4.69) is 6.92 Å². The zero-order valence-corrected chi connectivity index (χ0v) is 20.6. The highest BCUT2D eigenvalue weighted by Crippen LogP contribution is 2.34. The SMILES string of the molecule is C[C@@H](CC(=O)c1ccc2c(c1)N(Cc1ccc(Cl)cc1)C(=O)[C@@H](N)CS2(=O)=O)C1CCOCC1. The minimum atomic E-state index is -3.81. The second-order valence-electron chi connectivity index (χ2n) is 9.18. The summed E-state index contributed by atoms with van der Waals surface area (Å²) >= 11 is 5.98. The fourth-order valence-electron chi connectivity index (χ4n) is 4.68. The molecule has 7 nitrogen and oxygen atoms in total. The molecule has 2 aromatic carbocycles. The number of fused-ring (bicyclic) bond motifs is 1. The summed E-state index contributed by atoms with van der Waals surface area (Å²) in [6.45, 7) is 3.60. The molecule has 4 rings (SSSR count). The molecule has 0 saturated carbocycles. The van der Waals surface area contributed by atoms with Crippen LogP contribution in [-0.4, -0.2) is 45.1 Å². The summed E-state index contributed by atoms with van der Waals surface area (Å²) in [6.07, 6.45) is 2.21. The number of rotatable bonds is 6. The molecule has 182 valence electrons. The fraction of sp³-hybridized carbons (Fsp3) is 0.440. The van der Waals surface area contributed by atoms with Crippen molar-refractivity contribution in [3.05, 3.63) is 58.6 Å². The van der Waals surface area contributed by atoms with E-state index in [1.165, 1.54) is 23.1 Å². The molecule has 2 aromatic rings. The predicted molar refractivity (Wildman–Crippen MR) is 131 cm³/mol. The van der Waals surface area contributed by atoms with E-state index >= 15 is 0 Å². The van der Waals surface area contributed by atoms with Gasteiger partial charge in [-0.25, -0.2) is 8.42 Å². The maximum absolute atomic E-state index is 13.2. The molecular weight excluding hydrogens is 476 g/mol. The summed E-state index contributed by atoms with van der Waals surface area (Å²) in [5.41, 5.74) is 7.32. The average Bonchev–Trinajstić information content (AvgIpc) is 2.89. The van der Waals surface area contributed by atoms with E-state index in [4.69, 9.17) is 22.1 Å². The predicted octanol–water partition coefficient (Wildman–Crippen LogP) is 3.62. The van der Waals surface area contributed by atoms with Gasteiger partial charge in [0, 0.05) is 30.2 Å². The third kappa shape index (κ3) is 5.35. The molecule has 0 aromatic heterocycles. The molecule has 2 N–H and O–H groups in total. The number of nitrogens with two attached hydrogens (primary N) is 1. The molecule has 1 fully saturated rings. The molecule has 9 heteroatoms. The number of benzene rings is 2. The van der Waals surface area contributed by atoms with Crippen LogP contribution < -0.4 is 10.6 Å². The normalized spacial score (nSPS) is 21.6. The number of hydrogen-bond donors (Lipinski definition) is 1. The van der Waals surface area contributed by atoms with Gasteiger partial charge in [0.1, 0.15) is 0 Å². The number of amides is 1. The molecule has 0 spiro atoms. The van der Waals surface area contributed by atoms with Gasteiger partial charge < -0.3 is 15.4 Å². The van der Waals surface area contributed by atoms with Crippen molar-refractivity contribution in [2.24, 2.45) is 17.6 Å². The molecule has 2 atom stereocenters. The Kier molecular flexibility index (Phi) is 7.42. The molecular formula is C25H29ClN2O5S. The van der Waals surface area contributed by atoms with Gasteiger partial charge in [0.15, 0.2) is 15.6 Å². The lowest BCUT2D eigenvalue weighted by molar-refractivity contribution is -0.119. The number of hydrogen-bond acceptors (Lipinski definition) is 6. The summed E-state index contributed by atoms with van der Waals surface area (Å²) in [4.78, 5) is 27.7. The molecule has 2 heterocycles. The first-order valence-corrected chi connectivity index (χ1v) is 13.5. The van der Waals surface area contributed by atoms with Crippen LogP contribution in [0.5, 0.6) is 0 Å². The number of Topliss-reactive ketones (excluding diaryl/α,β-unsaturated/α-hetero) is 1. The Balaban J connectivity index is 1.68. The Bertz CT molecular complexity index is 1180. The lowest BCUT2D eigenvalue weighted by Crippen LogP contribution is -2.45. The summed E-state index contributed by atoms with van der Waals surface area (Å²) in [5, 5.41) is 0.553. The standard InChI is InChI=1S/C25H29ClN2O5S/c1-16(18-8-10-33-11-9-18)12-23(29)19-4-7-24-22(13-19)28(14-17-2-5-20(26)6-3-17)25(30)21(27)15-34(24,31)32/h2-7,13,16,18,21H,8-12,14-15,27H2,1H3/t16-,21-/m0/s1. The Morgan fingerprint density at radius 2 is 1.85 bits per heavy atom. The van der Waals surface area contributed by atoms with Crippen molar-refractivity contribution in [2.45, 2.75) is 43.7 Å². The Morgan fingerprint density at radius 1 is 1.18 bits per heavy atom. The van der Waals surface area contributed by atoms with Crippen molar-refractivity contribution in [1.29, 1.82) is 0 Å². The highest BCUT2D eigenvalue weighted by Gasteiger charge is 2.36. The van der Waals surface area contributed by atoms with Gasteiger partial charge in [0.2, 0.25) is 5.91 Å². The zero-order valence-electron chi connectivity index (χ0n) is 19.1. The van der Waals surface area contributed by atoms with Crippen LogP contribution in [0.15, 0.2) is 47.4 Å². The second-order valence-corrected chi connectivity index (χ2v) is 11.6. The van der Waals surface area contributed by atoms with Crippen molar-refractivity contribution in [2.75, 3.05) is 23.9 Å². The van der Waals surface area contributed by atoms with Crippen molar-refractivity contribution in [1.82, 2.24) is 0 Å². The second kappa shape index (κ2) is 10.2. The lowest BCUT2D eigenvalue weighted by atomic mass is 9.83. The van der Waals surface area contributed by atoms with Crippen molar-refractivity contribution < 1.29 is 22.7 Å². The van der Waals surface area contributed by atoms with E-state index in [-0.39, 0.29) is 28.8 Å². The van der Waals surface area contributed by atoms with Crippen LogP contribution in [-0.2, 0) is 25.9 Å². The molecule has 34 heavy (non-hydrogen) atoms. The van der Waals surface area contributed by atoms with Gasteiger partial charge in [-0.15, -0.1) is 0 Å². The summed E-state index contributed by atoms with van der Waals surface area (Å²) in [7, 11) is -3.81. The van der Waals surface area contributed by atoms with E-state index in [9.17, 15) is 18.0 Å². The van der Waals surface area contributed by atoms with Gasteiger partial charge in [-0.1, -0.05) is 30.7 Å². The molecule has 2 aliphatic heterocycles.